The summed E-state index contributed by atoms with van der Waals surface area (Å²) in [7, 11) is 1.44. The SMILES string of the molecule is CC=C(OC)C(=O)OCC. The Morgan fingerprint density at radius 3 is 2.50 bits per heavy atom. The lowest BCUT2D eigenvalue weighted by molar-refractivity contribution is -0.142. The third kappa shape index (κ3) is 2.53. The van der Waals surface area contributed by atoms with E-state index in [9.17, 15) is 4.79 Å². The van der Waals surface area contributed by atoms with E-state index in [0.717, 1.165) is 0 Å². The van der Waals surface area contributed by atoms with Gasteiger partial charge in [0.25, 0.3) is 0 Å². The summed E-state index contributed by atoms with van der Waals surface area (Å²) in [6.45, 7) is 3.84. The maximum atomic E-state index is 10.8. The van der Waals surface area contributed by atoms with Crippen LogP contribution in [0.3, 0.4) is 0 Å². The van der Waals surface area contributed by atoms with Crippen LogP contribution in [0.25, 0.3) is 0 Å². The van der Waals surface area contributed by atoms with Crippen LogP contribution in [0.2, 0.25) is 0 Å². The van der Waals surface area contributed by atoms with Crippen molar-refractivity contribution in [3.05, 3.63) is 11.8 Å². The van der Waals surface area contributed by atoms with Crippen molar-refractivity contribution >= 4 is 5.97 Å². The Morgan fingerprint density at radius 2 is 2.20 bits per heavy atom. The fraction of sp³-hybridized carbons (Fsp3) is 0.571. The molecule has 0 atom stereocenters. The maximum absolute atomic E-state index is 10.8. The van der Waals surface area contributed by atoms with Gasteiger partial charge in [-0.3, -0.25) is 0 Å². The first-order valence-electron chi connectivity index (χ1n) is 3.13. The zero-order chi connectivity index (χ0) is 7.98. The van der Waals surface area contributed by atoms with Gasteiger partial charge in [-0.1, -0.05) is 0 Å². The quantitative estimate of drug-likeness (QED) is 0.338. The number of allylic oxidation sites excluding steroid dienone is 1. The fourth-order valence-corrected chi connectivity index (χ4v) is 0.521. The van der Waals surface area contributed by atoms with Gasteiger partial charge in [0.1, 0.15) is 0 Å². The minimum atomic E-state index is -0.410. The molecule has 0 spiro atoms. The van der Waals surface area contributed by atoms with Gasteiger partial charge in [-0.2, -0.15) is 0 Å². The zero-order valence-electron chi connectivity index (χ0n) is 6.51. The van der Waals surface area contributed by atoms with Gasteiger partial charge >= 0.3 is 5.97 Å². The summed E-state index contributed by atoms with van der Waals surface area (Å²) in [6.07, 6.45) is 1.57. The summed E-state index contributed by atoms with van der Waals surface area (Å²) in [4.78, 5) is 10.8. The van der Waals surface area contributed by atoms with Gasteiger partial charge in [-0.25, -0.2) is 4.79 Å². The summed E-state index contributed by atoms with van der Waals surface area (Å²) in [5.41, 5.74) is 0. The van der Waals surface area contributed by atoms with E-state index in [1.165, 1.54) is 7.11 Å². The van der Waals surface area contributed by atoms with Gasteiger partial charge in [0.05, 0.1) is 13.7 Å². The van der Waals surface area contributed by atoms with Crippen molar-refractivity contribution in [2.75, 3.05) is 13.7 Å². The topological polar surface area (TPSA) is 35.5 Å². The van der Waals surface area contributed by atoms with E-state index in [1.54, 1.807) is 19.9 Å². The van der Waals surface area contributed by atoms with E-state index in [4.69, 9.17) is 4.74 Å². The lowest BCUT2D eigenvalue weighted by atomic mass is 10.5. The van der Waals surface area contributed by atoms with Crippen LogP contribution in [0.15, 0.2) is 11.8 Å². The van der Waals surface area contributed by atoms with Crippen molar-refractivity contribution < 1.29 is 14.3 Å². The molecule has 10 heavy (non-hydrogen) atoms. The molecule has 0 aliphatic carbocycles. The van der Waals surface area contributed by atoms with Gasteiger partial charge in [-0.05, 0) is 19.9 Å². The average molecular weight is 144 g/mol. The molecule has 0 bridgehead atoms. The molecule has 0 aliphatic rings. The predicted octanol–water partition coefficient (Wildman–Crippen LogP) is 1.10. The van der Waals surface area contributed by atoms with Crippen LogP contribution in [0.5, 0.6) is 0 Å². The number of ether oxygens (including phenoxy) is 2. The van der Waals surface area contributed by atoms with Gasteiger partial charge in [0, 0.05) is 0 Å². The number of hydrogen-bond acceptors (Lipinski definition) is 3. The van der Waals surface area contributed by atoms with Crippen LogP contribution in [0.4, 0.5) is 0 Å². The third-order valence-electron chi connectivity index (χ3n) is 0.959. The highest BCUT2D eigenvalue weighted by molar-refractivity contribution is 5.86. The molecule has 0 aromatic heterocycles. The second kappa shape index (κ2) is 4.85. The summed E-state index contributed by atoms with van der Waals surface area (Å²) in [5, 5.41) is 0. The number of rotatable bonds is 3. The molecule has 58 valence electrons. The van der Waals surface area contributed by atoms with Crippen LogP contribution in [0.1, 0.15) is 13.8 Å². The lowest BCUT2D eigenvalue weighted by Gasteiger charge is -2.02. The molecule has 0 saturated heterocycles. The molecule has 0 amide bonds. The largest absolute Gasteiger partial charge is 0.490 e. The first kappa shape index (κ1) is 9.01. The Bertz CT molecular complexity index is 138. The number of carbonyl (C=O) groups excluding carboxylic acids is 1. The molecule has 3 nitrogen and oxygen atoms in total. The summed E-state index contributed by atoms with van der Waals surface area (Å²) >= 11 is 0. The van der Waals surface area contributed by atoms with E-state index >= 15 is 0 Å². The Labute approximate surface area is 60.6 Å². The molecule has 0 unspecified atom stereocenters. The number of esters is 1. The highest BCUT2D eigenvalue weighted by Gasteiger charge is 2.07. The molecule has 0 fully saturated rings. The van der Waals surface area contributed by atoms with Crippen LogP contribution < -0.4 is 0 Å². The van der Waals surface area contributed by atoms with Gasteiger partial charge in [-0.15, -0.1) is 0 Å². The Hall–Kier alpha value is -0.990. The second-order valence-electron chi connectivity index (χ2n) is 1.58. The van der Waals surface area contributed by atoms with Crippen molar-refractivity contribution in [2.24, 2.45) is 0 Å². The summed E-state index contributed by atoms with van der Waals surface area (Å²) < 4.78 is 9.35. The van der Waals surface area contributed by atoms with Gasteiger partial charge in [0.2, 0.25) is 0 Å². The van der Waals surface area contributed by atoms with Crippen LogP contribution in [0, 0.1) is 0 Å². The van der Waals surface area contributed by atoms with Crippen molar-refractivity contribution in [2.45, 2.75) is 13.8 Å². The molecular weight excluding hydrogens is 132 g/mol. The molecule has 0 aromatic carbocycles. The van der Waals surface area contributed by atoms with Crippen molar-refractivity contribution in [1.82, 2.24) is 0 Å². The monoisotopic (exact) mass is 144 g/mol. The normalized spacial score (nSPS) is 10.9. The first-order valence-corrected chi connectivity index (χ1v) is 3.13. The van der Waals surface area contributed by atoms with E-state index in [1.807, 2.05) is 0 Å². The summed E-state index contributed by atoms with van der Waals surface area (Å²) in [6, 6.07) is 0. The van der Waals surface area contributed by atoms with E-state index < -0.39 is 5.97 Å². The Morgan fingerprint density at radius 1 is 1.60 bits per heavy atom. The maximum Gasteiger partial charge on any atom is 0.373 e. The number of methoxy groups -OCH3 is 1. The van der Waals surface area contributed by atoms with E-state index in [-0.39, 0.29) is 5.76 Å². The molecule has 0 rings (SSSR count). The number of carbonyl (C=O) groups is 1. The van der Waals surface area contributed by atoms with E-state index in [2.05, 4.69) is 4.74 Å². The average Bonchev–Trinajstić information content (AvgIpc) is 1.91. The second-order valence-corrected chi connectivity index (χ2v) is 1.58. The molecule has 0 radical (unpaired) electrons. The highest BCUT2D eigenvalue weighted by Crippen LogP contribution is 1.97. The van der Waals surface area contributed by atoms with Crippen LogP contribution >= 0.6 is 0 Å². The van der Waals surface area contributed by atoms with E-state index in [0.29, 0.717) is 6.61 Å². The van der Waals surface area contributed by atoms with Crippen molar-refractivity contribution in [3.63, 3.8) is 0 Å². The van der Waals surface area contributed by atoms with Crippen LogP contribution in [-0.2, 0) is 14.3 Å². The molecule has 0 aromatic rings. The molecule has 0 saturated carbocycles. The molecule has 0 N–H and O–H groups in total. The molecule has 0 aliphatic heterocycles. The summed E-state index contributed by atoms with van der Waals surface area (Å²) in [5.74, 6) is -0.158. The predicted molar refractivity (Wildman–Crippen MR) is 37.4 cm³/mol. The smallest absolute Gasteiger partial charge is 0.373 e. The standard InChI is InChI=1S/C7H12O3/c1-4-6(9-3)7(8)10-5-2/h4H,5H2,1-3H3. The minimum absolute atomic E-state index is 0.252. The van der Waals surface area contributed by atoms with Crippen LogP contribution in [-0.4, -0.2) is 19.7 Å². The zero-order valence-corrected chi connectivity index (χ0v) is 6.51. The Kier molecular flexibility index (Phi) is 4.37. The number of hydrogen-bond donors (Lipinski definition) is 0. The fourth-order valence-electron chi connectivity index (χ4n) is 0.521. The van der Waals surface area contributed by atoms with Crippen molar-refractivity contribution in [1.29, 1.82) is 0 Å². The Balaban J connectivity index is 3.91. The molecule has 0 heterocycles. The third-order valence-corrected chi connectivity index (χ3v) is 0.959. The molecule has 3 heteroatoms. The minimum Gasteiger partial charge on any atom is -0.490 e. The van der Waals surface area contributed by atoms with Gasteiger partial charge < -0.3 is 9.47 Å². The highest BCUT2D eigenvalue weighted by atomic mass is 16.6. The lowest BCUT2D eigenvalue weighted by Crippen LogP contribution is -2.08. The van der Waals surface area contributed by atoms with Gasteiger partial charge in [0.15, 0.2) is 5.76 Å². The first-order chi connectivity index (χ1) is 4.76. The van der Waals surface area contributed by atoms with Crippen molar-refractivity contribution in [3.8, 4) is 0 Å². The molecular formula is C7H12O3.